The third kappa shape index (κ3) is 7.11. The van der Waals surface area contributed by atoms with Crippen molar-refractivity contribution in [1.29, 1.82) is 0 Å². The van der Waals surface area contributed by atoms with E-state index < -0.39 is 0 Å². The number of amides is 1. The molecule has 120 valence electrons. The number of carbonyl (C=O) groups excluding carboxylic acids is 1. The van der Waals surface area contributed by atoms with Crippen LogP contribution < -0.4 is 10.6 Å². The van der Waals surface area contributed by atoms with E-state index in [1.54, 1.807) is 0 Å². The number of halogens is 2. The van der Waals surface area contributed by atoms with E-state index in [1.165, 1.54) is 25.9 Å². The minimum Gasteiger partial charge on any atom is -0.356 e. The van der Waals surface area contributed by atoms with Gasteiger partial charge in [-0.1, -0.05) is 0 Å². The lowest BCUT2D eigenvalue weighted by atomic mass is 9.94. The van der Waals surface area contributed by atoms with E-state index in [0.717, 1.165) is 38.9 Å². The molecule has 2 saturated heterocycles. The number of nitrogens with zero attached hydrogens (tertiary/aromatic N) is 1. The molecule has 0 aliphatic carbocycles. The van der Waals surface area contributed by atoms with Crippen molar-refractivity contribution in [3.63, 3.8) is 0 Å². The fourth-order valence-corrected chi connectivity index (χ4v) is 2.94. The Morgan fingerprint density at radius 1 is 1.10 bits per heavy atom. The topological polar surface area (TPSA) is 44.4 Å². The molecule has 0 aromatic rings. The van der Waals surface area contributed by atoms with E-state index in [0.29, 0.717) is 11.8 Å². The SMILES string of the molecule is CN1CCC(CNC(=O)CC2CCNCC2)CC1.Cl.Cl. The lowest BCUT2D eigenvalue weighted by Gasteiger charge is -2.29. The molecule has 0 saturated carbocycles. The molecule has 6 heteroatoms. The molecule has 0 aromatic carbocycles. The summed E-state index contributed by atoms with van der Waals surface area (Å²) in [4.78, 5) is 14.2. The number of likely N-dealkylation sites (tertiary alicyclic amines) is 1. The van der Waals surface area contributed by atoms with Crippen molar-refractivity contribution in [2.24, 2.45) is 11.8 Å². The highest BCUT2D eigenvalue weighted by Crippen LogP contribution is 2.17. The number of nitrogens with one attached hydrogen (secondary N) is 2. The summed E-state index contributed by atoms with van der Waals surface area (Å²) in [5.41, 5.74) is 0. The molecule has 0 unspecified atom stereocenters. The number of hydrogen-bond acceptors (Lipinski definition) is 3. The maximum Gasteiger partial charge on any atom is 0.220 e. The summed E-state index contributed by atoms with van der Waals surface area (Å²) >= 11 is 0. The van der Waals surface area contributed by atoms with Crippen LogP contribution in [0.15, 0.2) is 0 Å². The predicted octanol–water partition coefficient (Wildman–Crippen LogP) is 1.68. The Hall–Kier alpha value is -0.0300. The van der Waals surface area contributed by atoms with Crippen LogP contribution in [0, 0.1) is 11.8 Å². The lowest BCUT2D eigenvalue weighted by molar-refractivity contribution is -0.122. The number of rotatable bonds is 4. The molecule has 2 fully saturated rings. The highest BCUT2D eigenvalue weighted by atomic mass is 35.5. The van der Waals surface area contributed by atoms with Gasteiger partial charge < -0.3 is 15.5 Å². The normalized spacial score (nSPS) is 21.6. The van der Waals surface area contributed by atoms with Gasteiger partial charge in [0, 0.05) is 13.0 Å². The van der Waals surface area contributed by atoms with Crippen LogP contribution in [0.25, 0.3) is 0 Å². The molecule has 0 bridgehead atoms. The molecule has 4 nitrogen and oxygen atoms in total. The minimum absolute atomic E-state index is 0. The summed E-state index contributed by atoms with van der Waals surface area (Å²) in [5.74, 6) is 1.56. The summed E-state index contributed by atoms with van der Waals surface area (Å²) in [6, 6.07) is 0. The molecule has 0 aromatic heterocycles. The van der Waals surface area contributed by atoms with Crippen LogP contribution in [0.3, 0.4) is 0 Å². The van der Waals surface area contributed by atoms with E-state index >= 15 is 0 Å². The van der Waals surface area contributed by atoms with Crippen molar-refractivity contribution in [3.05, 3.63) is 0 Å². The van der Waals surface area contributed by atoms with Gasteiger partial charge in [0.1, 0.15) is 0 Å². The Balaban J connectivity index is 0.00000180. The van der Waals surface area contributed by atoms with Crippen molar-refractivity contribution in [1.82, 2.24) is 15.5 Å². The molecule has 2 rings (SSSR count). The first kappa shape index (κ1) is 20.0. The molecule has 2 heterocycles. The molecule has 0 atom stereocenters. The Bertz CT molecular complexity index is 265. The van der Waals surface area contributed by atoms with Crippen LogP contribution in [-0.2, 0) is 4.79 Å². The maximum atomic E-state index is 11.9. The molecule has 2 aliphatic heterocycles. The molecular weight excluding hydrogens is 297 g/mol. The first-order valence-corrected chi connectivity index (χ1v) is 7.40. The summed E-state index contributed by atoms with van der Waals surface area (Å²) < 4.78 is 0. The standard InChI is InChI=1S/C14H27N3O.2ClH/c1-17-8-4-13(5-9-17)11-16-14(18)10-12-2-6-15-7-3-12;;/h12-13,15H,2-11H2,1H3,(H,16,18);2*1H. The van der Waals surface area contributed by atoms with Crippen LogP contribution in [0.1, 0.15) is 32.1 Å². The summed E-state index contributed by atoms with van der Waals surface area (Å²) in [6.45, 7) is 5.39. The van der Waals surface area contributed by atoms with Gasteiger partial charge in [0.05, 0.1) is 0 Å². The zero-order chi connectivity index (χ0) is 12.8. The van der Waals surface area contributed by atoms with Gasteiger partial charge in [-0.3, -0.25) is 4.79 Å². The largest absolute Gasteiger partial charge is 0.356 e. The quantitative estimate of drug-likeness (QED) is 0.826. The Morgan fingerprint density at radius 3 is 2.30 bits per heavy atom. The maximum absolute atomic E-state index is 11.9. The van der Waals surface area contributed by atoms with E-state index in [4.69, 9.17) is 0 Å². The van der Waals surface area contributed by atoms with Crippen molar-refractivity contribution in [3.8, 4) is 0 Å². The van der Waals surface area contributed by atoms with Crippen molar-refractivity contribution >= 4 is 30.7 Å². The third-order valence-electron chi connectivity index (χ3n) is 4.36. The van der Waals surface area contributed by atoms with E-state index in [2.05, 4.69) is 22.6 Å². The van der Waals surface area contributed by atoms with E-state index in [1.807, 2.05) is 0 Å². The summed E-state index contributed by atoms with van der Waals surface area (Å²) in [6.07, 6.45) is 5.49. The van der Waals surface area contributed by atoms with Crippen LogP contribution >= 0.6 is 24.8 Å². The second kappa shape index (κ2) is 10.7. The van der Waals surface area contributed by atoms with Crippen LogP contribution in [0.4, 0.5) is 0 Å². The zero-order valence-corrected chi connectivity index (χ0v) is 14.0. The molecule has 2 N–H and O–H groups in total. The molecule has 0 spiro atoms. The van der Waals surface area contributed by atoms with Crippen molar-refractivity contribution in [2.75, 3.05) is 39.8 Å². The zero-order valence-electron chi connectivity index (χ0n) is 12.4. The predicted molar refractivity (Wildman–Crippen MR) is 87.9 cm³/mol. The summed E-state index contributed by atoms with van der Waals surface area (Å²) in [7, 11) is 2.17. The second-order valence-corrected chi connectivity index (χ2v) is 5.95. The average Bonchev–Trinajstić information content (AvgIpc) is 2.39. The lowest BCUT2D eigenvalue weighted by Crippen LogP contribution is -2.38. The number of hydrogen-bond donors (Lipinski definition) is 2. The molecule has 20 heavy (non-hydrogen) atoms. The van der Waals surface area contributed by atoms with Gasteiger partial charge in [-0.25, -0.2) is 0 Å². The second-order valence-electron chi connectivity index (χ2n) is 5.95. The number of piperidine rings is 2. The Labute approximate surface area is 135 Å². The Morgan fingerprint density at radius 2 is 1.70 bits per heavy atom. The number of carbonyl (C=O) groups is 1. The fourth-order valence-electron chi connectivity index (χ4n) is 2.94. The van der Waals surface area contributed by atoms with Gasteiger partial charge in [0.25, 0.3) is 0 Å². The highest BCUT2D eigenvalue weighted by molar-refractivity contribution is 5.85. The third-order valence-corrected chi connectivity index (χ3v) is 4.36. The average molecular weight is 326 g/mol. The molecule has 1 amide bonds. The monoisotopic (exact) mass is 325 g/mol. The first-order valence-electron chi connectivity index (χ1n) is 7.40. The molecule has 2 aliphatic rings. The van der Waals surface area contributed by atoms with Gasteiger partial charge >= 0.3 is 0 Å². The van der Waals surface area contributed by atoms with Crippen LogP contribution in [0.2, 0.25) is 0 Å². The van der Waals surface area contributed by atoms with E-state index in [-0.39, 0.29) is 30.7 Å². The van der Waals surface area contributed by atoms with Gasteiger partial charge in [-0.05, 0) is 70.7 Å². The Kier molecular flexibility index (Phi) is 10.6. The smallest absolute Gasteiger partial charge is 0.220 e. The van der Waals surface area contributed by atoms with Gasteiger partial charge in [-0.2, -0.15) is 0 Å². The van der Waals surface area contributed by atoms with Crippen molar-refractivity contribution < 1.29 is 4.79 Å². The van der Waals surface area contributed by atoms with E-state index in [9.17, 15) is 4.79 Å². The van der Waals surface area contributed by atoms with Crippen molar-refractivity contribution in [2.45, 2.75) is 32.1 Å². The molecule has 0 radical (unpaired) electrons. The van der Waals surface area contributed by atoms with Gasteiger partial charge in [-0.15, -0.1) is 24.8 Å². The van der Waals surface area contributed by atoms with Crippen LogP contribution in [-0.4, -0.2) is 50.6 Å². The van der Waals surface area contributed by atoms with Gasteiger partial charge in [0.2, 0.25) is 5.91 Å². The fraction of sp³-hybridized carbons (Fsp3) is 0.929. The molecular formula is C14H29Cl2N3O. The summed E-state index contributed by atoms with van der Waals surface area (Å²) in [5, 5.41) is 6.48. The van der Waals surface area contributed by atoms with Gasteiger partial charge in [0.15, 0.2) is 0 Å². The first-order chi connectivity index (χ1) is 8.74. The highest BCUT2D eigenvalue weighted by Gasteiger charge is 2.19. The van der Waals surface area contributed by atoms with Crippen LogP contribution in [0.5, 0.6) is 0 Å². The minimum atomic E-state index is 0.